The van der Waals surface area contributed by atoms with Crippen molar-refractivity contribution in [2.45, 2.75) is 13.0 Å². The predicted molar refractivity (Wildman–Crippen MR) is 59.4 cm³/mol. The van der Waals surface area contributed by atoms with Gasteiger partial charge in [-0.1, -0.05) is 24.3 Å². The van der Waals surface area contributed by atoms with Gasteiger partial charge in [-0.05, 0) is 24.6 Å². The lowest BCUT2D eigenvalue weighted by molar-refractivity contribution is 0.209. The molecule has 0 fully saturated rings. The number of benzene rings is 1. The number of aromatic nitrogens is 1. The van der Waals surface area contributed by atoms with Crippen molar-refractivity contribution in [1.82, 2.24) is 4.98 Å². The highest BCUT2D eigenvalue weighted by atomic mass is 19.1. The number of halogens is 1. The molecule has 0 aliphatic heterocycles. The molecule has 1 unspecified atom stereocenters. The molecule has 2 nitrogen and oxygen atoms in total. The summed E-state index contributed by atoms with van der Waals surface area (Å²) in [6.45, 7) is 1.84. The predicted octanol–water partition coefficient (Wildman–Crippen LogP) is 2.61. The molecule has 0 amide bonds. The fourth-order valence-electron chi connectivity index (χ4n) is 1.63. The first-order chi connectivity index (χ1) is 7.70. The van der Waals surface area contributed by atoms with Crippen molar-refractivity contribution in [3.8, 4) is 0 Å². The first-order valence-corrected chi connectivity index (χ1v) is 5.04. The largest absolute Gasteiger partial charge is 0.382 e. The van der Waals surface area contributed by atoms with Crippen LogP contribution in [0.2, 0.25) is 0 Å². The molecular formula is C13H12FNO. The standard InChI is InChI=1S/C13H12FNO/c1-9-5-4-8-15-12(9)13(16)10-6-2-3-7-11(10)14/h2-8,13,16H,1H3. The van der Waals surface area contributed by atoms with E-state index in [4.69, 9.17) is 0 Å². The van der Waals surface area contributed by atoms with Crippen LogP contribution in [0.3, 0.4) is 0 Å². The van der Waals surface area contributed by atoms with Gasteiger partial charge in [0.25, 0.3) is 0 Å². The van der Waals surface area contributed by atoms with Gasteiger partial charge in [0.15, 0.2) is 0 Å². The molecule has 3 heteroatoms. The summed E-state index contributed by atoms with van der Waals surface area (Å²) < 4.78 is 13.5. The Labute approximate surface area is 93.4 Å². The van der Waals surface area contributed by atoms with Crippen molar-refractivity contribution in [3.05, 3.63) is 65.2 Å². The molecule has 1 heterocycles. The molecule has 2 rings (SSSR count). The van der Waals surface area contributed by atoms with Crippen LogP contribution < -0.4 is 0 Å². The Hall–Kier alpha value is -1.74. The fraction of sp³-hybridized carbons (Fsp3) is 0.154. The number of nitrogens with zero attached hydrogens (tertiary/aromatic N) is 1. The second kappa shape index (κ2) is 4.41. The van der Waals surface area contributed by atoms with Crippen LogP contribution in [0, 0.1) is 12.7 Å². The molecule has 0 saturated heterocycles. The first-order valence-electron chi connectivity index (χ1n) is 5.04. The third kappa shape index (κ3) is 1.95. The number of aryl methyl sites for hydroxylation is 1. The summed E-state index contributed by atoms with van der Waals surface area (Å²) in [5.74, 6) is -0.417. The molecule has 0 aliphatic carbocycles. The second-order valence-corrected chi connectivity index (χ2v) is 3.63. The number of aliphatic hydroxyl groups is 1. The van der Waals surface area contributed by atoms with Gasteiger partial charge in [-0.2, -0.15) is 0 Å². The Kier molecular flexibility index (Phi) is 2.97. The van der Waals surface area contributed by atoms with E-state index in [0.29, 0.717) is 5.69 Å². The monoisotopic (exact) mass is 217 g/mol. The highest BCUT2D eigenvalue weighted by Gasteiger charge is 2.17. The molecule has 0 spiro atoms. The zero-order valence-electron chi connectivity index (χ0n) is 8.89. The van der Waals surface area contributed by atoms with E-state index in [0.717, 1.165) is 5.56 Å². The SMILES string of the molecule is Cc1cccnc1C(O)c1ccccc1F. The van der Waals surface area contributed by atoms with Crippen molar-refractivity contribution in [2.24, 2.45) is 0 Å². The molecule has 1 aromatic heterocycles. The summed E-state index contributed by atoms with van der Waals surface area (Å²) in [5, 5.41) is 10.1. The van der Waals surface area contributed by atoms with Gasteiger partial charge in [-0.25, -0.2) is 4.39 Å². The van der Waals surface area contributed by atoms with Crippen LogP contribution >= 0.6 is 0 Å². The smallest absolute Gasteiger partial charge is 0.129 e. The first kappa shape index (κ1) is 10.8. The van der Waals surface area contributed by atoms with Crippen LogP contribution in [0.5, 0.6) is 0 Å². The molecule has 0 saturated carbocycles. The summed E-state index contributed by atoms with van der Waals surface area (Å²) in [6.07, 6.45) is 0.578. The lowest BCUT2D eigenvalue weighted by Crippen LogP contribution is -2.06. The fourth-order valence-corrected chi connectivity index (χ4v) is 1.63. The van der Waals surface area contributed by atoms with Gasteiger partial charge < -0.3 is 5.11 Å². The molecule has 16 heavy (non-hydrogen) atoms. The number of hydrogen-bond acceptors (Lipinski definition) is 2. The molecule has 2 aromatic rings. The molecule has 1 N–H and O–H groups in total. The van der Waals surface area contributed by atoms with E-state index in [1.807, 2.05) is 13.0 Å². The quantitative estimate of drug-likeness (QED) is 0.838. The molecule has 0 aliphatic rings. The van der Waals surface area contributed by atoms with E-state index in [1.165, 1.54) is 6.07 Å². The lowest BCUT2D eigenvalue weighted by atomic mass is 10.0. The Morgan fingerprint density at radius 3 is 2.62 bits per heavy atom. The number of pyridine rings is 1. The van der Waals surface area contributed by atoms with Crippen LogP contribution in [0.4, 0.5) is 4.39 Å². The van der Waals surface area contributed by atoms with E-state index < -0.39 is 11.9 Å². The van der Waals surface area contributed by atoms with Crippen LogP contribution in [0.25, 0.3) is 0 Å². The average molecular weight is 217 g/mol. The van der Waals surface area contributed by atoms with Crippen LogP contribution in [-0.2, 0) is 0 Å². The van der Waals surface area contributed by atoms with Gasteiger partial charge in [0.05, 0.1) is 5.69 Å². The van der Waals surface area contributed by atoms with Gasteiger partial charge in [0.2, 0.25) is 0 Å². The topological polar surface area (TPSA) is 33.1 Å². The third-order valence-electron chi connectivity index (χ3n) is 2.51. The van der Waals surface area contributed by atoms with Gasteiger partial charge in [0, 0.05) is 11.8 Å². The van der Waals surface area contributed by atoms with Gasteiger partial charge >= 0.3 is 0 Å². The van der Waals surface area contributed by atoms with Crippen LogP contribution in [-0.4, -0.2) is 10.1 Å². The Balaban J connectivity index is 2.44. The van der Waals surface area contributed by atoms with Crippen molar-refractivity contribution in [1.29, 1.82) is 0 Å². The van der Waals surface area contributed by atoms with E-state index >= 15 is 0 Å². The van der Waals surface area contributed by atoms with E-state index in [1.54, 1.807) is 30.5 Å². The number of rotatable bonds is 2. The summed E-state index contributed by atoms with van der Waals surface area (Å²) in [5.41, 5.74) is 1.59. The Morgan fingerprint density at radius 1 is 1.19 bits per heavy atom. The van der Waals surface area contributed by atoms with Crippen molar-refractivity contribution in [3.63, 3.8) is 0 Å². The van der Waals surface area contributed by atoms with Gasteiger partial charge in [0.1, 0.15) is 11.9 Å². The highest BCUT2D eigenvalue weighted by molar-refractivity contribution is 5.30. The minimum Gasteiger partial charge on any atom is -0.382 e. The van der Waals surface area contributed by atoms with Gasteiger partial charge in [-0.3, -0.25) is 4.98 Å². The molecule has 0 radical (unpaired) electrons. The van der Waals surface area contributed by atoms with Crippen molar-refractivity contribution < 1.29 is 9.50 Å². The van der Waals surface area contributed by atoms with Crippen molar-refractivity contribution >= 4 is 0 Å². The maximum atomic E-state index is 13.5. The summed E-state index contributed by atoms with van der Waals surface area (Å²) in [7, 11) is 0. The lowest BCUT2D eigenvalue weighted by Gasteiger charge is -2.13. The number of hydrogen-bond donors (Lipinski definition) is 1. The third-order valence-corrected chi connectivity index (χ3v) is 2.51. The van der Waals surface area contributed by atoms with Crippen LogP contribution in [0.1, 0.15) is 22.9 Å². The van der Waals surface area contributed by atoms with E-state index in [-0.39, 0.29) is 5.56 Å². The van der Waals surface area contributed by atoms with Gasteiger partial charge in [-0.15, -0.1) is 0 Å². The van der Waals surface area contributed by atoms with E-state index in [9.17, 15) is 9.50 Å². The normalized spacial score (nSPS) is 12.4. The molecular weight excluding hydrogens is 205 g/mol. The maximum Gasteiger partial charge on any atom is 0.129 e. The second-order valence-electron chi connectivity index (χ2n) is 3.63. The zero-order chi connectivity index (χ0) is 11.5. The Morgan fingerprint density at radius 2 is 1.94 bits per heavy atom. The maximum absolute atomic E-state index is 13.5. The number of aliphatic hydroxyl groups excluding tert-OH is 1. The summed E-state index contributed by atoms with van der Waals surface area (Å²) in [4.78, 5) is 4.08. The minimum absolute atomic E-state index is 0.254. The van der Waals surface area contributed by atoms with Crippen molar-refractivity contribution in [2.75, 3.05) is 0 Å². The molecule has 1 aromatic carbocycles. The van der Waals surface area contributed by atoms with Crippen LogP contribution in [0.15, 0.2) is 42.6 Å². The zero-order valence-corrected chi connectivity index (χ0v) is 8.89. The summed E-state index contributed by atoms with van der Waals surface area (Å²) >= 11 is 0. The molecule has 0 bridgehead atoms. The summed E-state index contributed by atoms with van der Waals surface area (Å²) in [6, 6.07) is 9.81. The Bertz CT molecular complexity index is 453. The van der Waals surface area contributed by atoms with E-state index in [2.05, 4.69) is 4.98 Å². The average Bonchev–Trinajstić information content (AvgIpc) is 2.29. The highest BCUT2D eigenvalue weighted by Crippen LogP contribution is 2.24. The minimum atomic E-state index is -1.01. The molecule has 82 valence electrons. The molecule has 1 atom stereocenters.